The number of rotatable bonds is 0. The Hall–Kier alpha value is -1.06. The lowest BCUT2D eigenvalue weighted by Crippen LogP contribution is -1.88. The number of halogens is 1. The van der Waals surface area contributed by atoms with E-state index in [0.717, 1.165) is 5.56 Å². The van der Waals surface area contributed by atoms with Gasteiger partial charge in [-0.05, 0) is 46.2 Å². The molecular weight excluding hydrogens is 279 g/mol. The predicted octanol–water partition coefficient (Wildman–Crippen LogP) is 2.65. The van der Waals surface area contributed by atoms with Crippen LogP contribution in [0.25, 0.3) is 11.8 Å². The summed E-state index contributed by atoms with van der Waals surface area (Å²) < 4.78 is 4.88. The first kappa shape index (κ1) is 8.53. The maximum Gasteiger partial charge on any atom is 0.176 e. The molecule has 1 heterocycles. The highest BCUT2D eigenvalue weighted by Crippen LogP contribution is 2.29. The number of hydrogen-bond acceptors (Lipinski definition) is 2. The molecule has 2 nitrogen and oxygen atoms in total. The highest BCUT2D eigenvalue weighted by Gasteiger charge is 2.10. The number of aromatic hydroxyl groups is 1. The van der Waals surface area contributed by atoms with Crippen molar-refractivity contribution in [2.24, 2.45) is 0 Å². The van der Waals surface area contributed by atoms with E-state index >= 15 is 0 Å². The molecule has 2 rings (SSSR count). The van der Waals surface area contributed by atoms with Crippen LogP contribution in [-0.2, 0) is 0 Å². The van der Waals surface area contributed by atoms with Crippen LogP contribution in [0.5, 0.6) is 5.75 Å². The van der Waals surface area contributed by atoms with E-state index in [-0.39, 0.29) is 32.2 Å². The van der Waals surface area contributed by atoms with E-state index in [0.29, 0.717) is 5.56 Å². The van der Waals surface area contributed by atoms with Crippen molar-refractivity contribution < 1.29 is 10.2 Å². The van der Waals surface area contributed by atoms with Crippen molar-refractivity contribution in [1.29, 1.82) is 0 Å². The minimum atomic E-state index is -0.343. The Bertz CT molecular complexity index is 440. The number of phenolic OH excluding ortho intramolecular Hbond substituents is 1. The van der Waals surface area contributed by atoms with E-state index in [1.165, 1.54) is 0 Å². The summed E-state index contributed by atoms with van der Waals surface area (Å²) in [5.41, 5.74) is 1.35. The summed E-state index contributed by atoms with van der Waals surface area (Å²) in [7, 11) is 0. The van der Waals surface area contributed by atoms with Crippen LogP contribution >= 0.6 is 20.7 Å². The van der Waals surface area contributed by atoms with Gasteiger partial charge < -0.3 is 10.2 Å². The van der Waals surface area contributed by atoms with Crippen LogP contribution in [0.3, 0.4) is 0 Å². The topological polar surface area (TPSA) is 40.5 Å². The van der Waals surface area contributed by atoms with E-state index in [4.69, 9.17) is 0 Å². The minimum absolute atomic E-state index is 0.0749. The number of fused-ring (bicyclic) bond motifs is 1. The van der Waals surface area contributed by atoms with Crippen molar-refractivity contribution in [1.82, 2.24) is 0 Å². The van der Waals surface area contributed by atoms with Gasteiger partial charge >= 0.3 is 0 Å². The van der Waals surface area contributed by atoms with E-state index in [2.05, 4.69) is 3.67 Å². The van der Waals surface area contributed by atoms with Gasteiger partial charge in [-0.1, -0.05) is 12.1 Å². The first-order valence-electron chi connectivity index (χ1n) is 3.72. The molecule has 13 heavy (non-hydrogen) atoms. The van der Waals surface area contributed by atoms with Gasteiger partial charge in [0.15, 0.2) is 5.76 Å². The second-order valence-electron chi connectivity index (χ2n) is 2.59. The lowest BCUT2D eigenvalue weighted by atomic mass is 10.1. The Kier molecular flexibility index (Phi) is 2.20. The fraction of sp³-hybridized carbons (Fsp3) is 0. The van der Waals surface area contributed by atoms with Crippen LogP contribution in [0.1, 0.15) is 11.1 Å². The fourth-order valence-electron chi connectivity index (χ4n) is 1.18. The van der Waals surface area contributed by atoms with Crippen molar-refractivity contribution in [3.05, 3.63) is 33.4 Å². The first-order valence-corrected chi connectivity index (χ1v) is 6.04. The second kappa shape index (κ2) is 3.36. The minimum Gasteiger partial charge on any atom is -0.507 e. The summed E-state index contributed by atoms with van der Waals surface area (Å²) in [6, 6.07) is 5.18. The Morgan fingerprint density at radius 3 is 2.92 bits per heavy atom. The molecule has 0 aliphatic carbocycles. The molecule has 1 aromatic rings. The third-order valence-electron chi connectivity index (χ3n) is 1.76. The summed E-state index contributed by atoms with van der Waals surface area (Å²) in [6.45, 7) is 0. The monoisotopic (exact) mass is 286 g/mol. The van der Waals surface area contributed by atoms with Gasteiger partial charge in [0.05, 0.1) is 5.56 Å². The molecule has 0 fully saturated rings. The first-order chi connectivity index (χ1) is 6.29. The molecule has 0 radical (unpaired) electrons. The standard InChI is InChI=1S/C10H7IO2/c12-8-3-1-2-7-4-5-11-6-9(13)10(7)8/h1-5,12-13H. The van der Waals surface area contributed by atoms with Crippen LogP contribution in [0, 0.1) is 0 Å². The van der Waals surface area contributed by atoms with Crippen LogP contribution in [0.4, 0.5) is 0 Å². The lowest BCUT2D eigenvalue weighted by Gasteiger charge is -2.04. The molecule has 1 aliphatic rings. The van der Waals surface area contributed by atoms with Gasteiger partial charge in [0.1, 0.15) is 5.75 Å². The Morgan fingerprint density at radius 1 is 1.23 bits per heavy atom. The average Bonchev–Trinajstić information content (AvgIpc) is 2.29. The van der Waals surface area contributed by atoms with E-state index in [1.54, 1.807) is 12.1 Å². The molecule has 0 amide bonds. The zero-order chi connectivity index (χ0) is 9.26. The van der Waals surface area contributed by atoms with Gasteiger partial charge in [0, 0.05) is 0 Å². The maximum atomic E-state index is 9.56. The number of hydrogen-bond donors (Lipinski definition) is 2. The summed E-state index contributed by atoms with van der Waals surface area (Å²) in [5, 5.41) is 19.1. The molecule has 0 aromatic heterocycles. The number of aliphatic hydroxyl groups excluding tert-OH is 1. The highest BCUT2D eigenvalue weighted by molar-refractivity contribution is 14.2. The number of phenols is 1. The molecule has 0 spiro atoms. The summed E-state index contributed by atoms with van der Waals surface area (Å²) in [5.74, 6) is 0.184. The third kappa shape index (κ3) is 1.53. The largest absolute Gasteiger partial charge is 0.507 e. The van der Waals surface area contributed by atoms with Crippen LogP contribution in [-0.4, -0.2) is 13.9 Å². The highest BCUT2D eigenvalue weighted by atomic mass is 127. The van der Waals surface area contributed by atoms with E-state index in [1.807, 2.05) is 16.2 Å². The molecule has 0 atom stereocenters. The molecule has 1 aliphatic heterocycles. The third-order valence-corrected chi connectivity index (χ3v) is 3.30. The molecule has 3 heteroatoms. The average molecular weight is 286 g/mol. The van der Waals surface area contributed by atoms with Crippen molar-refractivity contribution >= 4 is 36.2 Å². The zero-order valence-corrected chi connectivity index (χ0v) is 8.82. The van der Waals surface area contributed by atoms with E-state index in [9.17, 15) is 10.2 Å². The van der Waals surface area contributed by atoms with Gasteiger partial charge in [-0.3, -0.25) is 0 Å². The second-order valence-corrected chi connectivity index (χ2v) is 4.47. The quantitative estimate of drug-likeness (QED) is 0.720. The number of aliphatic hydroxyl groups is 1. The van der Waals surface area contributed by atoms with Gasteiger partial charge in [0.2, 0.25) is 0 Å². The normalized spacial score (nSPS) is 14.0. The van der Waals surface area contributed by atoms with Crippen molar-refractivity contribution in [2.45, 2.75) is 0 Å². The Morgan fingerprint density at radius 2 is 2.08 bits per heavy atom. The smallest absolute Gasteiger partial charge is 0.176 e. The van der Waals surface area contributed by atoms with Gasteiger partial charge in [0.25, 0.3) is 0 Å². The molecule has 0 unspecified atom stereocenters. The van der Waals surface area contributed by atoms with Gasteiger partial charge in [-0.25, -0.2) is 0 Å². The van der Waals surface area contributed by atoms with Crippen molar-refractivity contribution in [3.8, 4) is 5.75 Å². The van der Waals surface area contributed by atoms with E-state index < -0.39 is 0 Å². The van der Waals surface area contributed by atoms with Crippen molar-refractivity contribution in [2.75, 3.05) is 0 Å². The number of benzene rings is 1. The maximum absolute atomic E-state index is 9.56. The predicted molar refractivity (Wildman–Crippen MR) is 62.2 cm³/mol. The molecule has 0 saturated carbocycles. The van der Waals surface area contributed by atoms with Crippen LogP contribution in [0.15, 0.2) is 22.3 Å². The molecule has 0 saturated heterocycles. The molecular formula is C10H7IO2. The lowest BCUT2D eigenvalue weighted by molar-refractivity contribution is 0.462. The van der Waals surface area contributed by atoms with Crippen molar-refractivity contribution in [3.63, 3.8) is 0 Å². The SMILES string of the molecule is OC1=C=IC=Cc2cccc(O)c21. The van der Waals surface area contributed by atoms with Crippen LogP contribution in [0.2, 0.25) is 0 Å². The summed E-state index contributed by atoms with van der Waals surface area (Å²) >= 11 is -0.343. The molecule has 0 bridgehead atoms. The zero-order valence-electron chi connectivity index (χ0n) is 6.66. The Balaban J connectivity index is 2.78. The van der Waals surface area contributed by atoms with Gasteiger partial charge in [-0.2, -0.15) is 0 Å². The Labute approximate surface area is 85.6 Å². The molecule has 66 valence electrons. The molecule has 2 N–H and O–H groups in total. The van der Waals surface area contributed by atoms with Gasteiger partial charge in [-0.15, -0.1) is 0 Å². The fourth-order valence-corrected chi connectivity index (χ4v) is 2.50. The summed E-state index contributed by atoms with van der Waals surface area (Å²) in [6.07, 6.45) is 1.92. The van der Waals surface area contributed by atoms with Crippen LogP contribution < -0.4 is 0 Å². The molecule has 1 aromatic carbocycles. The summed E-state index contributed by atoms with van der Waals surface area (Å²) in [4.78, 5) is 0.